The molecule has 1 aromatic carbocycles. The van der Waals surface area contributed by atoms with Gasteiger partial charge in [-0.3, -0.25) is 19.4 Å². The SMILES string of the molecule is CCOC(=O)c1ccc(-c2ccc(C=C3C(=O)N(C)C(=S)N(C)C3=O)o2)cc1. The van der Waals surface area contributed by atoms with Crippen LogP contribution in [0.1, 0.15) is 23.0 Å². The van der Waals surface area contributed by atoms with Crippen LogP contribution in [0.25, 0.3) is 17.4 Å². The lowest BCUT2D eigenvalue weighted by Gasteiger charge is -2.31. The number of nitrogens with zero attached hydrogens (tertiary/aromatic N) is 2. The fourth-order valence-corrected chi connectivity index (χ4v) is 2.85. The molecule has 0 saturated carbocycles. The second-order valence-corrected chi connectivity index (χ2v) is 6.43. The molecule has 7 nitrogen and oxygen atoms in total. The van der Waals surface area contributed by atoms with Gasteiger partial charge in [0.25, 0.3) is 11.8 Å². The molecule has 1 fully saturated rings. The maximum Gasteiger partial charge on any atom is 0.338 e. The number of thiocarbonyl (C=S) groups is 1. The Labute approximate surface area is 167 Å². The molecule has 1 aliphatic rings. The van der Waals surface area contributed by atoms with Crippen molar-refractivity contribution in [3.05, 3.63) is 53.3 Å². The van der Waals surface area contributed by atoms with Gasteiger partial charge < -0.3 is 9.15 Å². The number of likely N-dealkylation sites (N-methyl/N-ethyl adjacent to an activating group) is 2. The number of carbonyl (C=O) groups is 3. The summed E-state index contributed by atoms with van der Waals surface area (Å²) in [5.41, 5.74) is 1.16. The summed E-state index contributed by atoms with van der Waals surface area (Å²) in [6.45, 7) is 2.05. The first-order valence-corrected chi connectivity index (χ1v) is 8.93. The summed E-state index contributed by atoms with van der Waals surface area (Å²) in [4.78, 5) is 38.9. The van der Waals surface area contributed by atoms with Gasteiger partial charge >= 0.3 is 5.97 Å². The van der Waals surface area contributed by atoms with E-state index in [1.165, 1.54) is 30.0 Å². The van der Waals surface area contributed by atoms with Crippen molar-refractivity contribution in [2.24, 2.45) is 0 Å². The van der Waals surface area contributed by atoms with Gasteiger partial charge in [-0.2, -0.15) is 0 Å². The number of furan rings is 1. The number of ether oxygens (including phenoxy) is 1. The van der Waals surface area contributed by atoms with E-state index in [0.29, 0.717) is 23.7 Å². The summed E-state index contributed by atoms with van der Waals surface area (Å²) >= 11 is 5.06. The first-order valence-electron chi connectivity index (χ1n) is 8.52. The van der Waals surface area contributed by atoms with Gasteiger partial charge in [-0.1, -0.05) is 12.1 Å². The summed E-state index contributed by atoms with van der Waals surface area (Å²) < 4.78 is 10.7. The molecule has 1 saturated heterocycles. The molecule has 0 atom stereocenters. The highest BCUT2D eigenvalue weighted by Crippen LogP contribution is 2.25. The van der Waals surface area contributed by atoms with Crippen LogP contribution < -0.4 is 0 Å². The predicted molar refractivity (Wildman–Crippen MR) is 106 cm³/mol. The van der Waals surface area contributed by atoms with Gasteiger partial charge in [-0.05, 0) is 49.5 Å². The number of esters is 1. The van der Waals surface area contributed by atoms with E-state index in [0.717, 1.165) is 5.56 Å². The van der Waals surface area contributed by atoms with Gasteiger partial charge in [-0.25, -0.2) is 4.79 Å². The molecular formula is C20H18N2O5S. The molecule has 0 unspecified atom stereocenters. The number of carbonyl (C=O) groups excluding carboxylic acids is 3. The number of hydrogen-bond acceptors (Lipinski definition) is 6. The van der Waals surface area contributed by atoms with Crippen LogP contribution in [0.5, 0.6) is 0 Å². The summed E-state index contributed by atoms with van der Waals surface area (Å²) in [5.74, 6) is -0.458. The molecule has 2 amide bonds. The Hall–Kier alpha value is -3.26. The highest BCUT2D eigenvalue weighted by Gasteiger charge is 2.35. The minimum Gasteiger partial charge on any atom is -0.462 e. The van der Waals surface area contributed by atoms with E-state index in [9.17, 15) is 14.4 Å². The Balaban J connectivity index is 1.85. The minimum atomic E-state index is -0.482. The standard InChI is InChI=1S/C20H18N2O5S/c1-4-26-19(25)13-7-5-12(6-8-13)16-10-9-14(27-16)11-15-17(23)21(2)20(28)22(3)18(15)24/h5-11H,4H2,1-3H3. The van der Waals surface area contributed by atoms with Crippen LogP contribution in [0.3, 0.4) is 0 Å². The lowest BCUT2D eigenvalue weighted by atomic mass is 10.1. The van der Waals surface area contributed by atoms with Crippen LogP contribution in [0, 0.1) is 0 Å². The van der Waals surface area contributed by atoms with Crippen LogP contribution in [0.15, 0.2) is 46.4 Å². The lowest BCUT2D eigenvalue weighted by Crippen LogP contribution is -2.52. The first-order chi connectivity index (χ1) is 13.3. The van der Waals surface area contributed by atoms with Crippen molar-refractivity contribution in [1.82, 2.24) is 9.80 Å². The van der Waals surface area contributed by atoms with Crippen molar-refractivity contribution in [3.63, 3.8) is 0 Å². The third kappa shape index (κ3) is 3.59. The number of benzene rings is 1. The normalized spacial score (nSPS) is 14.5. The van der Waals surface area contributed by atoms with Crippen LogP contribution >= 0.6 is 12.2 Å². The van der Waals surface area contributed by atoms with E-state index in [1.807, 2.05) is 0 Å². The molecule has 28 heavy (non-hydrogen) atoms. The molecule has 2 aromatic rings. The Morgan fingerprint density at radius 3 is 2.25 bits per heavy atom. The lowest BCUT2D eigenvalue weighted by molar-refractivity contribution is -0.132. The van der Waals surface area contributed by atoms with Gasteiger partial charge in [0.15, 0.2) is 5.11 Å². The molecule has 2 heterocycles. The zero-order valence-electron chi connectivity index (χ0n) is 15.6. The Kier molecular flexibility index (Phi) is 5.41. The van der Waals surface area contributed by atoms with E-state index >= 15 is 0 Å². The zero-order chi connectivity index (χ0) is 20.4. The topological polar surface area (TPSA) is 80.1 Å². The van der Waals surface area contributed by atoms with E-state index < -0.39 is 11.8 Å². The Morgan fingerprint density at radius 1 is 1.07 bits per heavy atom. The summed E-state index contributed by atoms with van der Waals surface area (Å²) in [6.07, 6.45) is 1.40. The smallest absolute Gasteiger partial charge is 0.338 e. The van der Waals surface area contributed by atoms with Crippen LogP contribution in [-0.2, 0) is 14.3 Å². The fraction of sp³-hybridized carbons (Fsp3) is 0.200. The second-order valence-electron chi connectivity index (χ2n) is 6.07. The molecule has 0 N–H and O–H groups in total. The maximum absolute atomic E-state index is 12.4. The van der Waals surface area contributed by atoms with Gasteiger partial charge in [0.05, 0.1) is 12.2 Å². The van der Waals surface area contributed by atoms with E-state index in [2.05, 4.69) is 0 Å². The fourth-order valence-electron chi connectivity index (χ4n) is 2.69. The molecule has 8 heteroatoms. The second kappa shape index (κ2) is 7.77. The Morgan fingerprint density at radius 2 is 1.68 bits per heavy atom. The zero-order valence-corrected chi connectivity index (χ0v) is 16.4. The average molecular weight is 398 g/mol. The van der Waals surface area contributed by atoms with E-state index in [4.69, 9.17) is 21.4 Å². The molecule has 0 aliphatic carbocycles. The van der Waals surface area contributed by atoms with Crippen molar-refractivity contribution in [2.75, 3.05) is 20.7 Å². The van der Waals surface area contributed by atoms with E-state index in [-0.39, 0.29) is 16.7 Å². The highest BCUT2D eigenvalue weighted by atomic mass is 32.1. The minimum absolute atomic E-state index is 0.0304. The third-order valence-electron chi connectivity index (χ3n) is 4.24. The largest absolute Gasteiger partial charge is 0.462 e. The number of rotatable bonds is 4. The maximum atomic E-state index is 12.4. The average Bonchev–Trinajstić information content (AvgIpc) is 3.17. The van der Waals surface area contributed by atoms with Crippen LogP contribution in [-0.4, -0.2) is 53.4 Å². The highest BCUT2D eigenvalue weighted by molar-refractivity contribution is 7.80. The van der Waals surface area contributed by atoms with Gasteiger partial charge in [0, 0.05) is 19.7 Å². The van der Waals surface area contributed by atoms with Crippen molar-refractivity contribution in [2.45, 2.75) is 6.92 Å². The quantitative estimate of drug-likeness (QED) is 0.341. The van der Waals surface area contributed by atoms with Crippen molar-refractivity contribution < 1.29 is 23.5 Å². The van der Waals surface area contributed by atoms with Gasteiger partial charge in [-0.15, -0.1) is 0 Å². The molecule has 0 radical (unpaired) electrons. The van der Waals surface area contributed by atoms with Crippen molar-refractivity contribution in [1.29, 1.82) is 0 Å². The van der Waals surface area contributed by atoms with Crippen molar-refractivity contribution >= 4 is 41.2 Å². The molecule has 0 spiro atoms. The van der Waals surface area contributed by atoms with Gasteiger partial charge in [0.2, 0.25) is 0 Å². The van der Waals surface area contributed by atoms with Crippen LogP contribution in [0.4, 0.5) is 0 Å². The van der Waals surface area contributed by atoms with E-state index in [1.54, 1.807) is 43.3 Å². The first kappa shape index (κ1) is 19.5. The predicted octanol–water partition coefficient (Wildman–Crippen LogP) is 2.72. The molecule has 1 aliphatic heterocycles. The molecule has 3 rings (SSSR count). The number of hydrogen-bond donors (Lipinski definition) is 0. The third-order valence-corrected chi connectivity index (χ3v) is 4.79. The van der Waals surface area contributed by atoms with Gasteiger partial charge in [0.1, 0.15) is 17.1 Å². The molecule has 1 aromatic heterocycles. The monoisotopic (exact) mass is 398 g/mol. The Bertz CT molecular complexity index is 964. The molecule has 0 bridgehead atoms. The summed E-state index contributed by atoms with van der Waals surface area (Å²) in [7, 11) is 3.03. The van der Waals surface area contributed by atoms with Crippen molar-refractivity contribution in [3.8, 4) is 11.3 Å². The molecule has 144 valence electrons. The van der Waals surface area contributed by atoms with Crippen LogP contribution in [0.2, 0.25) is 0 Å². The summed E-state index contributed by atoms with van der Waals surface area (Å²) in [5, 5.41) is 0.147. The summed E-state index contributed by atoms with van der Waals surface area (Å²) in [6, 6.07) is 10.1. The number of amides is 2. The molecular weight excluding hydrogens is 380 g/mol.